The van der Waals surface area contributed by atoms with Crippen LogP contribution in [0.5, 0.6) is 23.0 Å². The summed E-state index contributed by atoms with van der Waals surface area (Å²) in [7, 11) is 1.25. The first-order chi connectivity index (χ1) is 34.3. The van der Waals surface area contributed by atoms with Crippen molar-refractivity contribution >= 4 is 19.7 Å². The molecule has 28 heteroatoms. The van der Waals surface area contributed by atoms with E-state index in [2.05, 4.69) is 50.5 Å². The number of aryl methyl sites for hydroxylation is 2. The highest BCUT2D eigenvalue weighted by Gasteiger charge is 2.36. The Morgan fingerprint density at radius 2 is 0.861 bits per heavy atom. The molecular weight excluding hydrogens is 987 g/mol. The highest BCUT2D eigenvalue weighted by Crippen LogP contribution is 2.38. The van der Waals surface area contributed by atoms with E-state index in [1.807, 2.05) is 0 Å². The molecule has 0 fully saturated rings. The van der Waals surface area contributed by atoms with E-state index < -0.39 is 65.5 Å². The fourth-order valence-electron chi connectivity index (χ4n) is 7.18. The predicted octanol–water partition coefficient (Wildman–Crippen LogP) is 3.30. The molecule has 0 amide bonds. The Balaban J connectivity index is 0.000000211. The molecule has 380 valence electrons. The van der Waals surface area contributed by atoms with E-state index >= 15 is 0 Å². The zero-order chi connectivity index (χ0) is 52.1. The number of sulfone groups is 2. The quantitative estimate of drug-likeness (QED) is 0.125. The second kappa shape index (κ2) is 21.7. The van der Waals surface area contributed by atoms with Crippen LogP contribution in [0.2, 0.25) is 0 Å². The summed E-state index contributed by atoms with van der Waals surface area (Å²) in [5, 5.41) is 44.0. The monoisotopic (exact) mass is 1030 g/mol. The number of rotatable bonds is 18. The Morgan fingerprint density at radius 3 is 1.14 bits per heavy atom. The van der Waals surface area contributed by atoms with Gasteiger partial charge in [0.05, 0.1) is 63.7 Å². The van der Waals surface area contributed by atoms with Crippen molar-refractivity contribution in [3.63, 3.8) is 0 Å². The molecule has 0 bridgehead atoms. The maximum Gasteiger partial charge on any atom is 0.189 e. The zero-order valence-corrected chi connectivity index (χ0v) is 41.4. The Morgan fingerprint density at radius 1 is 0.542 bits per heavy atom. The molecule has 4 atom stereocenters. The highest BCUT2D eigenvalue weighted by atomic mass is 32.2. The predicted molar refractivity (Wildman–Crippen MR) is 251 cm³/mol. The molecule has 0 aliphatic carbocycles. The van der Waals surface area contributed by atoms with Crippen molar-refractivity contribution in [2.24, 2.45) is 14.1 Å². The van der Waals surface area contributed by atoms with Crippen LogP contribution in [0.1, 0.15) is 49.4 Å². The van der Waals surface area contributed by atoms with E-state index in [0.717, 1.165) is 24.8 Å². The molecule has 0 aliphatic rings. The third-order valence-corrected chi connectivity index (χ3v) is 15.2. The molecule has 2 N–H and O–H groups in total. The first-order valence-corrected chi connectivity index (χ1v) is 24.8. The van der Waals surface area contributed by atoms with Gasteiger partial charge < -0.3 is 29.2 Å². The van der Waals surface area contributed by atoms with Crippen LogP contribution in [0.15, 0.2) is 85.7 Å². The summed E-state index contributed by atoms with van der Waals surface area (Å²) in [5.41, 5.74) is 1.64. The summed E-state index contributed by atoms with van der Waals surface area (Å²) in [6.45, 7) is 2.63. The van der Waals surface area contributed by atoms with Crippen LogP contribution in [0.3, 0.4) is 0 Å². The number of methoxy groups -OCH3 is 4. The van der Waals surface area contributed by atoms with Crippen molar-refractivity contribution in [3.05, 3.63) is 121 Å². The molecule has 0 aliphatic heterocycles. The average molecular weight is 1040 g/mol. The molecule has 2 aromatic carbocycles. The summed E-state index contributed by atoms with van der Waals surface area (Å²) in [6.07, 6.45) is 3.66. The van der Waals surface area contributed by atoms with Crippen molar-refractivity contribution in [1.82, 2.24) is 69.0 Å². The third kappa shape index (κ3) is 10.9. The standard InChI is InChI=1S/2C22H24FN7O5S/c2*1-13(20(31)21-24-10-14(23)11-25-21)36(32,33)12-18-26-27-22(15-8-9-29(2)28-15)30(18)19-16(34-3)6-5-7-17(19)35-4/h2*5-11,13,20,31H,12H2,1-4H3/t2*13-,20-/m10/s1. The van der Waals surface area contributed by atoms with E-state index in [4.69, 9.17) is 18.9 Å². The van der Waals surface area contributed by atoms with Crippen LogP contribution in [0, 0.1) is 11.6 Å². The molecule has 72 heavy (non-hydrogen) atoms. The first kappa shape index (κ1) is 52.0. The van der Waals surface area contributed by atoms with Gasteiger partial charge in [-0.3, -0.25) is 18.5 Å². The lowest BCUT2D eigenvalue weighted by Gasteiger charge is -2.19. The molecule has 0 saturated heterocycles. The molecular formula is C44H48F2N14O10S2. The van der Waals surface area contributed by atoms with E-state index in [1.165, 1.54) is 51.4 Å². The molecule has 6 aromatic heterocycles. The van der Waals surface area contributed by atoms with Crippen molar-refractivity contribution in [1.29, 1.82) is 0 Å². The minimum Gasteiger partial charge on any atom is -0.494 e. The highest BCUT2D eigenvalue weighted by molar-refractivity contribution is 7.91. The number of para-hydroxylation sites is 2. The van der Waals surface area contributed by atoms with Gasteiger partial charge in [-0.1, -0.05) is 12.1 Å². The summed E-state index contributed by atoms with van der Waals surface area (Å²) in [5.74, 6) is -0.895. The molecule has 0 spiro atoms. The van der Waals surface area contributed by atoms with E-state index in [0.29, 0.717) is 45.8 Å². The van der Waals surface area contributed by atoms with Crippen molar-refractivity contribution < 1.29 is 54.8 Å². The van der Waals surface area contributed by atoms with E-state index in [9.17, 15) is 35.8 Å². The molecule has 6 heterocycles. The molecule has 0 unspecified atom stereocenters. The van der Waals surface area contributed by atoms with E-state index in [1.54, 1.807) is 84.4 Å². The minimum absolute atomic E-state index is 0.0394. The van der Waals surface area contributed by atoms with Crippen LogP contribution in [0.4, 0.5) is 8.78 Å². The van der Waals surface area contributed by atoms with Gasteiger partial charge in [-0.25, -0.2) is 45.6 Å². The van der Waals surface area contributed by atoms with Crippen LogP contribution < -0.4 is 18.9 Å². The van der Waals surface area contributed by atoms with Gasteiger partial charge in [0, 0.05) is 26.5 Å². The van der Waals surface area contributed by atoms with Gasteiger partial charge in [0.25, 0.3) is 0 Å². The maximum atomic E-state index is 13.4. The van der Waals surface area contributed by atoms with Crippen LogP contribution >= 0.6 is 0 Å². The smallest absolute Gasteiger partial charge is 0.189 e. The Labute approximate surface area is 410 Å². The zero-order valence-electron chi connectivity index (χ0n) is 39.8. The molecule has 0 radical (unpaired) electrons. The maximum absolute atomic E-state index is 13.4. The fraction of sp³-hybridized carbons (Fsp3) is 0.318. The van der Waals surface area contributed by atoms with Gasteiger partial charge in [0.1, 0.15) is 69.5 Å². The van der Waals surface area contributed by atoms with Gasteiger partial charge in [0.2, 0.25) is 0 Å². The Hall–Kier alpha value is -7.82. The summed E-state index contributed by atoms with van der Waals surface area (Å²) >= 11 is 0. The first-order valence-electron chi connectivity index (χ1n) is 21.4. The summed E-state index contributed by atoms with van der Waals surface area (Å²) in [6, 6.07) is 13.6. The van der Waals surface area contributed by atoms with Gasteiger partial charge in [-0.05, 0) is 50.2 Å². The number of aromatic nitrogens is 14. The third-order valence-electron chi connectivity index (χ3n) is 11.1. The molecule has 0 saturated carbocycles. The SMILES string of the molecule is COc1cccc(OC)c1-n1c(CS(=O)(=O)[C@@H](C)[C@H](O)c2ncc(F)cn2)nnc1-c1ccn(C)n1.COc1cccc(OC)c1-n1c(CS(=O)(=O)[C@H](C)[C@@H](O)c2ncc(F)cn2)nnc1-c1ccn(C)n1. The van der Waals surface area contributed by atoms with E-state index in [-0.39, 0.29) is 34.9 Å². The van der Waals surface area contributed by atoms with Gasteiger partial charge in [0.15, 0.2) is 66.3 Å². The number of aliphatic hydroxyl groups excluding tert-OH is 2. The number of aliphatic hydroxyl groups is 2. The average Bonchev–Trinajstić information content (AvgIpc) is 4.20. The summed E-state index contributed by atoms with van der Waals surface area (Å²) in [4.78, 5) is 14.8. The van der Waals surface area contributed by atoms with Gasteiger partial charge in [-0.15, -0.1) is 20.4 Å². The lowest BCUT2D eigenvalue weighted by atomic mass is 10.2. The second-order valence-electron chi connectivity index (χ2n) is 15.8. The van der Waals surface area contributed by atoms with Crippen molar-refractivity contribution in [3.8, 4) is 57.4 Å². The number of nitrogens with zero attached hydrogens (tertiary/aromatic N) is 14. The lowest BCUT2D eigenvalue weighted by molar-refractivity contribution is 0.165. The Kier molecular flexibility index (Phi) is 15.7. The second-order valence-corrected chi connectivity index (χ2v) is 20.5. The number of hydrogen-bond acceptors (Lipinski definition) is 20. The van der Waals surface area contributed by atoms with Gasteiger partial charge >= 0.3 is 0 Å². The number of benzene rings is 2. The molecule has 24 nitrogen and oxygen atoms in total. The normalized spacial score (nSPS) is 13.4. The number of halogens is 2. The van der Waals surface area contributed by atoms with Crippen molar-refractivity contribution in [2.45, 2.75) is 48.1 Å². The van der Waals surface area contributed by atoms with Crippen LogP contribution in [0.25, 0.3) is 34.4 Å². The minimum atomic E-state index is -4.06. The lowest BCUT2D eigenvalue weighted by Crippen LogP contribution is -2.29. The molecule has 8 aromatic rings. The van der Waals surface area contributed by atoms with Gasteiger partial charge in [-0.2, -0.15) is 10.2 Å². The van der Waals surface area contributed by atoms with Crippen LogP contribution in [-0.4, -0.2) is 135 Å². The van der Waals surface area contributed by atoms with Crippen LogP contribution in [-0.2, 0) is 45.3 Å². The summed E-state index contributed by atoms with van der Waals surface area (Å²) < 4.78 is 108. The number of hydrogen-bond donors (Lipinski definition) is 2. The topological polar surface area (TPSA) is 294 Å². The fourth-order valence-corrected chi connectivity index (χ4v) is 9.83. The Bertz CT molecular complexity index is 3120. The largest absolute Gasteiger partial charge is 0.494 e. The molecule has 8 rings (SSSR count). The number of ether oxygens (including phenoxy) is 4. The van der Waals surface area contributed by atoms with Crippen molar-refractivity contribution in [2.75, 3.05) is 28.4 Å².